The van der Waals surface area contributed by atoms with Crippen LogP contribution in [0.2, 0.25) is 10.0 Å². The lowest BCUT2D eigenvalue weighted by Gasteiger charge is -2.12. The van der Waals surface area contributed by atoms with Gasteiger partial charge >= 0.3 is 0 Å². The molecular formula is C18H18Cl2N2O3. The molecular weight excluding hydrogens is 363 g/mol. The van der Waals surface area contributed by atoms with Gasteiger partial charge in [-0.3, -0.25) is 4.79 Å². The van der Waals surface area contributed by atoms with E-state index in [1.165, 1.54) is 0 Å². The molecule has 1 aliphatic heterocycles. The second-order valence-corrected chi connectivity index (χ2v) is 6.59. The van der Waals surface area contributed by atoms with Crippen molar-refractivity contribution in [1.29, 1.82) is 0 Å². The third kappa shape index (κ3) is 4.57. The van der Waals surface area contributed by atoms with Gasteiger partial charge in [0, 0.05) is 17.9 Å². The minimum atomic E-state index is -0.275. The van der Waals surface area contributed by atoms with Gasteiger partial charge < -0.3 is 20.5 Å². The van der Waals surface area contributed by atoms with Crippen LogP contribution in [0.5, 0.6) is 5.75 Å². The smallest absolute Gasteiger partial charge is 0.255 e. The summed E-state index contributed by atoms with van der Waals surface area (Å²) in [5.41, 5.74) is 6.94. The number of benzene rings is 2. The van der Waals surface area contributed by atoms with Crippen LogP contribution in [0.1, 0.15) is 23.2 Å². The van der Waals surface area contributed by atoms with Gasteiger partial charge in [0.15, 0.2) is 0 Å². The summed E-state index contributed by atoms with van der Waals surface area (Å²) in [7, 11) is 0. The predicted molar refractivity (Wildman–Crippen MR) is 99.7 cm³/mol. The van der Waals surface area contributed by atoms with Crippen molar-refractivity contribution in [2.75, 3.05) is 24.3 Å². The number of carbonyl (C=O) groups is 1. The van der Waals surface area contributed by atoms with Gasteiger partial charge in [-0.15, -0.1) is 0 Å². The average Bonchev–Trinajstić information content (AvgIpc) is 3.12. The quantitative estimate of drug-likeness (QED) is 0.754. The van der Waals surface area contributed by atoms with E-state index in [1.807, 2.05) is 0 Å². The Hall–Kier alpha value is -1.95. The SMILES string of the molecule is Nc1c(Cl)cc(NC(=O)c2ccc(OCC3CCCO3)cc2)cc1Cl. The summed E-state index contributed by atoms with van der Waals surface area (Å²) >= 11 is 11.9. The Morgan fingerprint density at radius 3 is 2.52 bits per heavy atom. The van der Waals surface area contributed by atoms with Gasteiger partial charge in [0.1, 0.15) is 12.4 Å². The molecule has 1 fully saturated rings. The number of rotatable bonds is 5. The summed E-state index contributed by atoms with van der Waals surface area (Å²) in [5, 5.41) is 3.32. The van der Waals surface area contributed by atoms with Crippen LogP contribution in [0.4, 0.5) is 11.4 Å². The standard InChI is InChI=1S/C18H18Cl2N2O3/c19-15-8-12(9-16(20)17(15)21)22-18(23)11-3-5-13(6-4-11)25-10-14-2-1-7-24-14/h3-6,8-9,14H,1-2,7,10,21H2,(H,22,23). The summed E-state index contributed by atoms with van der Waals surface area (Å²) in [6, 6.07) is 10.0. The third-order valence-corrected chi connectivity index (χ3v) is 4.54. The number of nitrogens with one attached hydrogen (secondary N) is 1. The first-order valence-electron chi connectivity index (χ1n) is 7.93. The van der Waals surface area contributed by atoms with Gasteiger partial charge in [0.05, 0.1) is 21.8 Å². The van der Waals surface area contributed by atoms with E-state index in [0.717, 1.165) is 19.4 Å². The van der Waals surface area contributed by atoms with E-state index in [2.05, 4.69) is 5.32 Å². The normalized spacial score (nSPS) is 16.6. The molecule has 132 valence electrons. The molecule has 1 saturated heterocycles. The molecule has 3 N–H and O–H groups in total. The molecule has 7 heteroatoms. The van der Waals surface area contributed by atoms with Gasteiger partial charge in [-0.05, 0) is 49.2 Å². The number of ether oxygens (including phenoxy) is 2. The summed E-state index contributed by atoms with van der Waals surface area (Å²) in [4.78, 5) is 12.3. The molecule has 1 aliphatic rings. The van der Waals surface area contributed by atoms with Crippen molar-refractivity contribution in [2.24, 2.45) is 0 Å². The largest absolute Gasteiger partial charge is 0.491 e. The number of carbonyl (C=O) groups excluding carboxylic acids is 1. The molecule has 2 aromatic rings. The van der Waals surface area contributed by atoms with E-state index in [0.29, 0.717) is 33.7 Å². The molecule has 0 saturated carbocycles. The molecule has 0 aliphatic carbocycles. The van der Waals surface area contributed by atoms with Crippen molar-refractivity contribution in [2.45, 2.75) is 18.9 Å². The van der Waals surface area contributed by atoms with E-state index >= 15 is 0 Å². The van der Waals surface area contributed by atoms with Crippen molar-refractivity contribution in [3.05, 3.63) is 52.0 Å². The maximum Gasteiger partial charge on any atom is 0.255 e. The summed E-state index contributed by atoms with van der Waals surface area (Å²) in [6.45, 7) is 1.32. The van der Waals surface area contributed by atoms with Crippen molar-refractivity contribution < 1.29 is 14.3 Å². The molecule has 5 nitrogen and oxygen atoms in total. The van der Waals surface area contributed by atoms with Crippen LogP contribution in [0, 0.1) is 0 Å². The summed E-state index contributed by atoms with van der Waals surface area (Å²) in [5.74, 6) is 0.424. The number of hydrogen-bond acceptors (Lipinski definition) is 4. The minimum absolute atomic E-state index is 0.156. The monoisotopic (exact) mass is 380 g/mol. The Morgan fingerprint density at radius 1 is 1.24 bits per heavy atom. The van der Waals surface area contributed by atoms with Crippen LogP contribution < -0.4 is 15.8 Å². The van der Waals surface area contributed by atoms with E-state index < -0.39 is 0 Å². The maximum atomic E-state index is 12.3. The van der Waals surface area contributed by atoms with Gasteiger partial charge in [-0.2, -0.15) is 0 Å². The highest BCUT2D eigenvalue weighted by Crippen LogP contribution is 2.31. The number of amides is 1. The topological polar surface area (TPSA) is 73.6 Å². The number of halogens is 2. The van der Waals surface area contributed by atoms with Crippen molar-refractivity contribution in [3.8, 4) is 5.75 Å². The lowest BCUT2D eigenvalue weighted by atomic mass is 10.2. The summed E-state index contributed by atoms with van der Waals surface area (Å²) < 4.78 is 11.2. The number of nitrogen functional groups attached to an aromatic ring is 1. The molecule has 0 bridgehead atoms. The zero-order valence-electron chi connectivity index (χ0n) is 13.4. The van der Waals surface area contributed by atoms with Crippen molar-refractivity contribution in [1.82, 2.24) is 0 Å². The highest BCUT2D eigenvalue weighted by molar-refractivity contribution is 6.39. The van der Waals surface area contributed by atoms with Crippen LogP contribution in [0.25, 0.3) is 0 Å². The average molecular weight is 381 g/mol. The van der Waals surface area contributed by atoms with E-state index in [1.54, 1.807) is 36.4 Å². The molecule has 2 aromatic carbocycles. The van der Waals surface area contributed by atoms with E-state index in [9.17, 15) is 4.79 Å². The van der Waals surface area contributed by atoms with E-state index in [-0.39, 0.29) is 17.7 Å². The first-order chi connectivity index (χ1) is 12.0. The first kappa shape index (κ1) is 17.9. The third-order valence-electron chi connectivity index (χ3n) is 3.91. The number of hydrogen-bond donors (Lipinski definition) is 2. The minimum Gasteiger partial charge on any atom is -0.491 e. The van der Waals surface area contributed by atoms with Gasteiger partial charge in [-0.1, -0.05) is 23.2 Å². The van der Waals surface area contributed by atoms with Crippen LogP contribution in [-0.4, -0.2) is 25.2 Å². The Balaban J connectivity index is 1.60. The first-order valence-corrected chi connectivity index (χ1v) is 8.69. The molecule has 25 heavy (non-hydrogen) atoms. The Labute approximate surface area is 156 Å². The fraction of sp³-hybridized carbons (Fsp3) is 0.278. The molecule has 1 unspecified atom stereocenters. The zero-order valence-corrected chi connectivity index (χ0v) is 14.9. The molecule has 0 radical (unpaired) electrons. The van der Waals surface area contributed by atoms with Crippen LogP contribution in [0.15, 0.2) is 36.4 Å². The van der Waals surface area contributed by atoms with Crippen LogP contribution in [0.3, 0.4) is 0 Å². The van der Waals surface area contributed by atoms with Crippen LogP contribution in [-0.2, 0) is 4.74 Å². The highest BCUT2D eigenvalue weighted by Gasteiger charge is 2.16. The molecule has 1 atom stereocenters. The number of anilines is 2. The van der Waals surface area contributed by atoms with E-state index in [4.69, 9.17) is 38.4 Å². The van der Waals surface area contributed by atoms with Gasteiger partial charge in [0.2, 0.25) is 0 Å². The Kier molecular flexibility index (Phi) is 5.68. The fourth-order valence-corrected chi connectivity index (χ4v) is 3.01. The zero-order chi connectivity index (χ0) is 17.8. The number of nitrogens with two attached hydrogens (primary N) is 1. The predicted octanol–water partition coefficient (Wildman–Crippen LogP) is 4.39. The fourth-order valence-electron chi connectivity index (χ4n) is 2.53. The molecule has 0 aromatic heterocycles. The second-order valence-electron chi connectivity index (χ2n) is 5.78. The molecule has 1 heterocycles. The lowest BCUT2D eigenvalue weighted by Crippen LogP contribution is -2.16. The molecule has 3 rings (SSSR count). The van der Waals surface area contributed by atoms with Crippen LogP contribution >= 0.6 is 23.2 Å². The Bertz CT molecular complexity index is 736. The van der Waals surface area contributed by atoms with Crippen molar-refractivity contribution >= 4 is 40.5 Å². The Morgan fingerprint density at radius 2 is 1.92 bits per heavy atom. The maximum absolute atomic E-state index is 12.3. The van der Waals surface area contributed by atoms with Gasteiger partial charge in [0.25, 0.3) is 5.91 Å². The highest BCUT2D eigenvalue weighted by atomic mass is 35.5. The van der Waals surface area contributed by atoms with Gasteiger partial charge in [-0.25, -0.2) is 0 Å². The summed E-state index contributed by atoms with van der Waals surface area (Å²) in [6.07, 6.45) is 2.25. The van der Waals surface area contributed by atoms with Crippen molar-refractivity contribution in [3.63, 3.8) is 0 Å². The lowest BCUT2D eigenvalue weighted by molar-refractivity contribution is 0.0679. The molecule has 0 spiro atoms. The second kappa shape index (κ2) is 7.95. The molecule has 1 amide bonds.